The van der Waals surface area contributed by atoms with Gasteiger partial charge in [-0.25, -0.2) is 0 Å². The van der Waals surface area contributed by atoms with Crippen molar-refractivity contribution in [1.29, 1.82) is 0 Å². The Kier molecular flexibility index (Phi) is 5.19. The summed E-state index contributed by atoms with van der Waals surface area (Å²) in [4.78, 5) is 14.7. The predicted octanol–water partition coefficient (Wildman–Crippen LogP) is 3.69. The molecule has 0 unspecified atom stereocenters. The number of nitrogens with one attached hydrogen (secondary N) is 1. The zero-order valence-electron chi connectivity index (χ0n) is 15.8. The number of carbonyl (C=O) groups is 1. The standard InChI is InChI=1S/C22H22N4O2/c1-2-28-20-10-6-5-9-18(20)23-22(27)19-11-12-21(25-24-19)26-14-13-16-7-3-4-8-17(16)15-26/h3-12H,2,13-15H2,1H3,(H,23,27). The topological polar surface area (TPSA) is 67.3 Å². The van der Waals surface area contributed by atoms with E-state index in [-0.39, 0.29) is 11.6 Å². The molecule has 3 aromatic rings. The van der Waals surface area contributed by atoms with E-state index >= 15 is 0 Å². The van der Waals surface area contributed by atoms with E-state index in [2.05, 4.69) is 44.7 Å². The van der Waals surface area contributed by atoms with Gasteiger partial charge in [-0.15, -0.1) is 10.2 Å². The number of ether oxygens (including phenoxy) is 1. The van der Waals surface area contributed by atoms with Crippen molar-refractivity contribution in [3.8, 4) is 5.75 Å². The lowest BCUT2D eigenvalue weighted by atomic mass is 10.00. The average molecular weight is 374 g/mol. The van der Waals surface area contributed by atoms with Crippen LogP contribution in [0.4, 0.5) is 11.5 Å². The van der Waals surface area contributed by atoms with Crippen LogP contribution in [0.5, 0.6) is 5.75 Å². The Morgan fingerprint density at radius 3 is 2.61 bits per heavy atom. The highest BCUT2D eigenvalue weighted by Crippen LogP contribution is 2.25. The molecule has 0 fully saturated rings. The van der Waals surface area contributed by atoms with Crippen molar-refractivity contribution in [2.45, 2.75) is 19.9 Å². The van der Waals surface area contributed by atoms with Gasteiger partial charge in [-0.05, 0) is 48.7 Å². The Hall–Kier alpha value is -3.41. The number of nitrogens with zero attached hydrogens (tertiary/aromatic N) is 3. The fourth-order valence-corrected chi connectivity index (χ4v) is 3.34. The van der Waals surface area contributed by atoms with Crippen molar-refractivity contribution in [1.82, 2.24) is 10.2 Å². The molecular formula is C22H22N4O2. The van der Waals surface area contributed by atoms with Crippen molar-refractivity contribution >= 4 is 17.4 Å². The second-order valence-corrected chi connectivity index (χ2v) is 6.60. The molecule has 0 bridgehead atoms. The molecule has 2 heterocycles. The molecule has 1 aliphatic rings. The van der Waals surface area contributed by atoms with Crippen LogP contribution < -0.4 is 15.0 Å². The summed E-state index contributed by atoms with van der Waals surface area (Å²) in [5.41, 5.74) is 3.58. The lowest BCUT2D eigenvalue weighted by Crippen LogP contribution is -2.31. The largest absolute Gasteiger partial charge is 0.492 e. The number of anilines is 2. The lowest BCUT2D eigenvalue weighted by Gasteiger charge is -2.29. The number of fused-ring (bicyclic) bond motifs is 1. The van der Waals surface area contributed by atoms with Crippen LogP contribution in [0.2, 0.25) is 0 Å². The molecule has 1 N–H and O–H groups in total. The molecule has 1 aliphatic heterocycles. The summed E-state index contributed by atoms with van der Waals surface area (Å²) in [5.74, 6) is 1.10. The first-order valence-corrected chi connectivity index (χ1v) is 9.43. The normalized spacial score (nSPS) is 13.0. The van der Waals surface area contributed by atoms with E-state index in [0.717, 1.165) is 25.3 Å². The molecule has 0 aliphatic carbocycles. The maximum Gasteiger partial charge on any atom is 0.276 e. The van der Waals surface area contributed by atoms with Crippen LogP contribution in [-0.4, -0.2) is 29.3 Å². The lowest BCUT2D eigenvalue weighted by molar-refractivity contribution is 0.102. The number of amides is 1. The zero-order valence-corrected chi connectivity index (χ0v) is 15.8. The Bertz CT molecular complexity index is 972. The summed E-state index contributed by atoms with van der Waals surface area (Å²) in [6, 6.07) is 19.3. The Labute approximate surface area is 164 Å². The SMILES string of the molecule is CCOc1ccccc1NC(=O)c1ccc(N2CCc3ccccc3C2)nn1. The Morgan fingerprint density at radius 2 is 1.82 bits per heavy atom. The fraction of sp³-hybridized carbons (Fsp3) is 0.227. The number of aromatic nitrogens is 2. The van der Waals surface area contributed by atoms with Gasteiger partial charge in [-0.3, -0.25) is 4.79 Å². The summed E-state index contributed by atoms with van der Waals surface area (Å²) in [7, 11) is 0. The van der Waals surface area contributed by atoms with Gasteiger partial charge in [0.05, 0.1) is 12.3 Å². The van der Waals surface area contributed by atoms with Crippen LogP contribution in [0.3, 0.4) is 0 Å². The molecule has 0 spiro atoms. The molecule has 1 aromatic heterocycles. The van der Waals surface area contributed by atoms with E-state index in [4.69, 9.17) is 4.74 Å². The van der Waals surface area contributed by atoms with Crippen LogP contribution in [0.15, 0.2) is 60.7 Å². The molecule has 6 nitrogen and oxygen atoms in total. The zero-order chi connectivity index (χ0) is 19.3. The van der Waals surface area contributed by atoms with Crippen molar-refractivity contribution in [3.63, 3.8) is 0 Å². The summed E-state index contributed by atoms with van der Waals surface area (Å²) in [6.45, 7) is 4.12. The van der Waals surface area contributed by atoms with Crippen LogP contribution in [-0.2, 0) is 13.0 Å². The maximum absolute atomic E-state index is 12.5. The molecule has 6 heteroatoms. The van der Waals surface area contributed by atoms with Gasteiger partial charge in [-0.2, -0.15) is 0 Å². The number of para-hydroxylation sites is 2. The van der Waals surface area contributed by atoms with E-state index < -0.39 is 0 Å². The van der Waals surface area contributed by atoms with Gasteiger partial charge in [-0.1, -0.05) is 36.4 Å². The summed E-state index contributed by atoms with van der Waals surface area (Å²) >= 11 is 0. The van der Waals surface area contributed by atoms with Gasteiger partial charge >= 0.3 is 0 Å². The van der Waals surface area contributed by atoms with Crippen LogP contribution in [0.25, 0.3) is 0 Å². The molecule has 4 rings (SSSR count). The summed E-state index contributed by atoms with van der Waals surface area (Å²) in [6.07, 6.45) is 0.980. The van der Waals surface area contributed by atoms with Gasteiger partial charge < -0.3 is 15.0 Å². The van der Waals surface area contributed by atoms with Crippen molar-refractivity contribution in [2.24, 2.45) is 0 Å². The molecule has 0 saturated carbocycles. The van der Waals surface area contributed by atoms with Crippen molar-refractivity contribution < 1.29 is 9.53 Å². The number of hydrogen-bond donors (Lipinski definition) is 1. The first-order valence-electron chi connectivity index (χ1n) is 9.43. The maximum atomic E-state index is 12.5. The molecule has 1 amide bonds. The number of rotatable bonds is 5. The summed E-state index contributed by atoms with van der Waals surface area (Å²) in [5, 5.41) is 11.3. The smallest absolute Gasteiger partial charge is 0.276 e. The van der Waals surface area contributed by atoms with E-state index in [1.807, 2.05) is 31.2 Å². The van der Waals surface area contributed by atoms with Crippen LogP contribution >= 0.6 is 0 Å². The van der Waals surface area contributed by atoms with Gasteiger partial charge in [0.2, 0.25) is 0 Å². The molecule has 2 aromatic carbocycles. The van der Waals surface area contributed by atoms with Crippen LogP contribution in [0, 0.1) is 0 Å². The predicted molar refractivity (Wildman–Crippen MR) is 109 cm³/mol. The second-order valence-electron chi connectivity index (χ2n) is 6.60. The first-order chi connectivity index (χ1) is 13.7. The highest BCUT2D eigenvalue weighted by atomic mass is 16.5. The first kappa shape index (κ1) is 18.0. The third kappa shape index (κ3) is 3.81. The Morgan fingerprint density at radius 1 is 1.04 bits per heavy atom. The van der Waals surface area contributed by atoms with E-state index in [0.29, 0.717) is 18.0 Å². The highest BCUT2D eigenvalue weighted by molar-refractivity contribution is 6.03. The van der Waals surface area contributed by atoms with E-state index in [9.17, 15) is 4.79 Å². The minimum Gasteiger partial charge on any atom is -0.492 e. The quantitative estimate of drug-likeness (QED) is 0.738. The summed E-state index contributed by atoms with van der Waals surface area (Å²) < 4.78 is 5.54. The van der Waals surface area contributed by atoms with Gasteiger partial charge in [0.1, 0.15) is 5.75 Å². The highest BCUT2D eigenvalue weighted by Gasteiger charge is 2.18. The third-order valence-corrected chi connectivity index (χ3v) is 4.77. The number of benzene rings is 2. The van der Waals surface area contributed by atoms with E-state index in [1.54, 1.807) is 12.1 Å². The minimum absolute atomic E-state index is 0.271. The molecule has 0 radical (unpaired) electrons. The number of hydrogen-bond acceptors (Lipinski definition) is 5. The molecule has 0 saturated heterocycles. The second kappa shape index (κ2) is 8.08. The minimum atomic E-state index is -0.310. The molecule has 28 heavy (non-hydrogen) atoms. The molecule has 0 atom stereocenters. The fourth-order valence-electron chi connectivity index (χ4n) is 3.34. The van der Waals surface area contributed by atoms with Gasteiger partial charge in [0.25, 0.3) is 5.91 Å². The monoisotopic (exact) mass is 374 g/mol. The third-order valence-electron chi connectivity index (χ3n) is 4.77. The van der Waals surface area contributed by atoms with Gasteiger partial charge in [0.15, 0.2) is 11.5 Å². The number of carbonyl (C=O) groups excluding carboxylic acids is 1. The molecule has 142 valence electrons. The van der Waals surface area contributed by atoms with Gasteiger partial charge in [0, 0.05) is 13.1 Å². The average Bonchev–Trinajstić information content (AvgIpc) is 2.75. The van der Waals surface area contributed by atoms with Crippen molar-refractivity contribution in [2.75, 3.05) is 23.4 Å². The Balaban J connectivity index is 1.46. The van der Waals surface area contributed by atoms with Crippen LogP contribution in [0.1, 0.15) is 28.5 Å². The van der Waals surface area contributed by atoms with E-state index in [1.165, 1.54) is 11.1 Å². The molecular weight excluding hydrogens is 352 g/mol. The van der Waals surface area contributed by atoms with Crippen molar-refractivity contribution in [3.05, 3.63) is 77.5 Å².